The van der Waals surface area contributed by atoms with E-state index < -0.39 is 0 Å². The van der Waals surface area contributed by atoms with Gasteiger partial charge in [-0.3, -0.25) is 14.7 Å². The smallest absolute Gasteiger partial charge is 0.308 e. The van der Waals surface area contributed by atoms with Gasteiger partial charge in [0, 0.05) is 26.7 Å². The van der Waals surface area contributed by atoms with E-state index in [1.54, 1.807) is 7.11 Å². The summed E-state index contributed by atoms with van der Waals surface area (Å²) in [4.78, 5) is 20.9. The maximum Gasteiger partial charge on any atom is 0.308 e. The van der Waals surface area contributed by atoms with Gasteiger partial charge in [-0.15, -0.1) is 24.0 Å². The lowest BCUT2D eigenvalue weighted by Crippen LogP contribution is -2.48. The first kappa shape index (κ1) is 26.5. The lowest BCUT2D eigenvalue weighted by molar-refractivity contribution is -0.146. The molecule has 1 saturated heterocycles. The summed E-state index contributed by atoms with van der Waals surface area (Å²) in [5.41, 5.74) is 1.22. The number of aliphatic imine (C=N–C) groups is 1. The van der Waals surface area contributed by atoms with Gasteiger partial charge in [0.25, 0.3) is 0 Å². The van der Waals surface area contributed by atoms with Crippen molar-refractivity contribution in [2.75, 3.05) is 54.0 Å². The van der Waals surface area contributed by atoms with Gasteiger partial charge >= 0.3 is 5.97 Å². The molecule has 30 heavy (non-hydrogen) atoms. The number of halogens is 1. The summed E-state index contributed by atoms with van der Waals surface area (Å²) in [5, 5.41) is 3.56. The normalized spacial score (nSPS) is 16.1. The second-order valence-electron chi connectivity index (χ2n) is 7.23. The number of guanidine groups is 1. The average molecular weight is 532 g/mol. The summed E-state index contributed by atoms with van der Waals surface area (Å²) < 4.78 is 10.3. The molecule has 0 bridgehead atoms. The monoisotopic (exact) mass is 532 g/mol. The van der Waals surface area contributed by atoms with Crippen LogP contribution >= 0.6 is 24.0 Å². The third kappa shape index (κ3) is 7.01. The van der Waals surface area contributed by atoms with Crippen LogP contribution in [0, 0.1) is 5.92 Å². The highest BCUT2D eigenvalue weighted by atomic mass is 127. The van der Waals surface area contributed by atoms with Gasteiger partial charge in [-0.05, 0) is 43.6 Å². The van der Waals surface area contributed by atoms with Crippen molar-refractivity contribution in [2.45, 2.75) is 32.7 Å². The minimum atomic E-state index is -0.104. The Morgan fingerprint density at radius 1 is 1.27 bits per heavy atom. The summed E-state index contributed by atoms with van der Waals surface area (Å²) in [6.45, 7) is 8.64. The molecule has 1 heterocycles. The molecule has 8 heteroatoms. The lowest BCUT2D eigenvalue weighted by Gasteiger charge is -2.35. The second kappa shape index (κ2) is 13.7. The maximum absolute atomic E-state index is 11.8. The Balaban J connectivity index is 0.00000450. The molecular formula is C22H37IN4O3. The quantitative estimate of drug-likeness (QED) is 0.240. The molecule has 0 saturated carbocycles. The molecule has 1 aromatic carbocycles. The van der Waals surface area contributed by atoms with Crippen LogP contribution in [-0.4, -0.2) is 75.7 Å². The molecule has 0 spiro atoms. The summed E-state index contributed by atoms with van der Waals surface area (Å²) >= 11 is 0. The Kier molecular flexibility index (Phi) is 12.1. The van der Waals surface area contributed by atoms with Crippen LogP contribution in [0.15, 0.2) is 29.3 Å². The van der Waals surface area contributed by atoms with Crippen LogP contribution in [-0.2, 0) is 9.53 Å². The number of hydrogen-bond acceptors (Lipinski definition) is 5. The Bertz CT molecular complexity index is 674. The number of benzene rings is 1. The third-order valence-electron chi connectivity index (χ3n) is 5.73. The fourth-order valence-corrected chi connectivity index (χ4v) is 3.98. The standard InChI is InChI=1S/C22H36N4O3.HI/c1-6-25(7-2)20(18-9-8-10-19(15-18)28-4)16-24-22(23-3)26-13-11-17(12-14-26)21(27)29-5;/h8-10,15,17,20H,6-7,11-14,16H2,1-5H3,(H,23,24);1H. The highest BCUT2D eigenvalue weighted by Crippen LogP contribution is 2.24. The predicted molar refractivity (Wildman–Crippen MR) is 132 cm³/mol. The van der Waals surface area contributed by atoms with E-state index in [0.717, 1.165) is 57.3 Å². The number of nitrogens with one attached hydrogen (secondary N) is 1. The van der Waals surface area contributed by atoms with E-state index in [-0.39, 0.29) is 41.9 Å². The predicted octanol–water partition coefficient (Wildman–Crippen LogP) is 3.16. The van der Waals surface area contributed by atoms with Crippen LogP contribution < -0.4 is 10.1 Å². The van der Waals surface area contributed by atoms with Crippen LogP contribution in [0.3, 0.4) is 0 Å². The van der Waals surface area contributed by atoms with E-state index in [1.165, 1.54) is 12.7 Å². The number of nitrogens with zero attached hydrogens (tertiary/aromatic N) is 3. The Morgan fingerprint density at radius 2 is 1.93 bits per heavy atom. The van der Waals surface area contributed by atoms with Crippen LogP contribution in [0.2, 0.25) is 0 Å². The highest BCUT2D eigenvalue weighted by Gasteiger charge is 2.27. The van der Waals surface area contributed by atoms with Crippen LogP contribution in [0.5, 0.6) is 5.75 Å². The van der Waals surface area contributed by atoms with Crippen molar-refractivity contribution in [2.24, 2.45) is 10.9 Å². The lowest BCUT2D eigenvalue weighted by atomic mass is 9.97. The summed E-state index contributed by atoms with van der Waals surface area (Å²) in [6, 6.07) is 8.48. The van der Waals surface area contributed by atoms with Crippen molar-refractivity contribution in [3.63, 3.8) is 0 Å². The van der Waals surface area contributed by atoms with Gasteiger partial charge in [0.1, 0.15) is 5.75 Å². The van der Waals surface area contributed by atoms with E-state index in [9.17, 15) is 4.79 Å². The van der Waals surface area contributed by atoms with Crippen LogP contribution in [0.4, 0.5) is 0 Å². The zero-order valence-corrected chi connectivity index (χ0v) is 21.2. The van der Waals surface area contributed by atoms with Gasteiger partial charge in [-0.25, -0.2) is 0 Å². The number of hydrogen-bond donors (Lipinski definition) is 1. The number of rotatable bonds is 8. The molecule has 0 aliphatic carbocycles. The van der Waals surface area contributed by atoms with Crippen molar-refractivity contribution in [1.82, 2.24) is 15.1 Å². The van der Waals surface area contributed by atoms with Crippen LogP contribution in [0.25, 0.3) is 0 Å². The van der Waals surface area contributed by atoms with Crippen molar-refractivity contribution in [3.8, 4) is 5.75 Å². The zero-order chi connectivity index (χ0) is 21.2. The minimum absolute atomic E-state index is 0. The van der Waals surface area contributed by atoms with Gasteiger partial charge in [-0.2, -0.15) is 0 Å². The molecule has 0 aromatic heterocycles. The molecule has 1 aromatic rings. The van der Waals surface area contributed by atoms with E-state index in [1.807, 2.05) is 19.2 Å². The molecule has 1 N–H and O–H groups in total. The number of piperidine rings is 1. The number of carbonyl (C=O) groups excluding carboxylic acids is 1. The maximum atomic E-state index is 11.8. The summed E-state index contributed by atoms with van der Waals surface area (Å²) in [7, 11) is 4.97. The SMILES string of the molecule is CCN(CC)C(CNC(=NC)N1CCC(C(=O)OC)CC1)c1cccc(OC)c1.I. The second-order valence-corrected chi connectivity index (χ2v) is 7.23. The Hall–Kier alpha value is -1.55. The zero-order valence-electron chi connectivity index (χ0n) is 18.9. The summed E-state index contributed by atoms with van der Waals surface area (Å²) in [5.74, 6) is 1.64. The first-order chi connectivity index (χ1) is 14.1. The van der Waals surface area contributed by atoms with Crippen molar-refractivity contribution in [1.29, 1.82) is 0 Å². The fraction of sp³-hybridized carbons (Fsp3) is 0.636. The van der Waals surface area contributed by atoms with Gasteiger partial charge < -0.3 is 19.7 Å². The largest absolute Gasteiger partial charge is 0.497 e. The number of carbonyl (C=O) groups is 1. The number of likely N-dealkylation sites (N-methyl/N-ethyl adjacent to an activating group) is 1. The molecule has 0 radical (unpaired) electrons. The van der Waals surface area contributed by atoms with Gasteiger partial charge in [0.2, 0.25) is 0 Å². The molecule has 1 aliphatic heterocycles. The molecule has 7 nitrogen and oxygen atoms in total. The Morgan fingerprint density at radius 3 is 2.47 bits per heavy atom. The summed E-state index contributed by atoms with van der Waals surface area (Å²) in [6.07, 6.45) is 1.59. The number of esters is 1. The van der Waals surface area contributed by atoms with Gasteiger partial charge in [0.15, 0.2) is 5.96 Å². The van der Waals surface area contributed by atoms with E-state index in [2.05, 4.69) is 46.1 Å². The molecule has 1 atom stereocenters. The molecular weight excluding hydrogens is 495 g/mol. The molecule has 1 unspecified atom stereocenters. The van der Waals surface area contributed by atoms with E-state index in [0.29, 0.717) is 0 Å². The number of ether oxygens (including phenoxy) is 2. The fourth-order valence-electron chi connectivity index (χ4n) is 3.98. The molecule has 1 aliphatic rings. The van der Waals surface area contributed by atoms with Crippen LogP contribution in [0.1, 0.15) is 38.3 Å². The first-order valence-corrected chi connectivity index (χ1v) is 10.5. The molecule has 0 amide bonds. The highest BCUT2D eigenvalue weighted by molar-refractivity contribution is 14.0. The Labute approximate surface area is 198 Å². The van der Waals surface area contributed by atoms with Gasteiger partial charge in [-0.1, -0.05) is 26.0 Å². The number of methoxy groups -OCH3 is 2. The molecule has 2 rings (SSSR count). The van der Waals surface area contributed by atoms with Crippen molar-refractivity contribution < 1.29 is 14.3 Å². The number of likely N-dealkylation sites (tertiary alicyclic amines) is 1. The van der Waals surface area contributed by atoms with Crippen molar-refractivity contribution in [3.05, 3.63) is 29.8 Å². The van der Waals surface area contributed by atoms with Gasteiger partial charge in [0.05, 0.1) is 26.2 Å². The van der Waals surface area contributed by atoms with E-state index >= 15 is 0 Å². The molecule has 1 fully saturated rings. The van der Waals surface area contributed by atoms with Crippen molar-refractivity contribution >= 4 is 35.9 Å². The first-order valence-electron chi connectivity index (χ1n) is 10.5. The molecule has 170 valence electrons. The third-order valence-corrected chi connectivity index (χ3v) is 5.73. The minimum Gasteiger partial charge on any atom is -0.497 e. The average Bonchev–Trinajstić information content (AvgIpc) is 2.78. The van der Waals surface area contributed by atoms with E-state index in [4.69, 9.17) is 9.47 Å². The topological polar surface area (TPSA) is 66.4 Å².